The van der Waals surface area contributed by atoms with Gasteiger partial charge in [0, 0.05) is 39.5 Å². The summed E-state index contributed by atoms with van der Waals surface area (Å²) in [7, 11) is 1.55. The van der Waals surface area contributed by atoms with E-state index in [1.54, 1.807) is 49.6 Å². The highest BCUT2D eigenvalue weighted by atomic mass is 35.5. The van der Waals surface area contributed by atoms with Crippen LogP contribution in [0.1, 0.15) is 37.5 Å². The lowest BCUT2D eigenvalue weighted by molar-refractivity contribution is 0.152. The second-order valence-corrected chi connectivity index (χ2v) is 11.1. The van der Waals surface area contributed by atoms with Crippen molar-refractivity contribution in [3.05, 3.63) is 106 Å². The predicted octanol–water partition coefficient (Wildman–Crippen LogP) is 9.23. The second-order valence-electron chi connectivity index (χ2n) is 10.7. The Balaban J connectivity index is 1.50. The first-order chi connectivity index (χ1) is 20.0. The van der Waals surface area contributed by atoms with Gasteiger partial charge in [-0.25, -0.2) is 9.18 Å². The Labute approximate surface area is 249 Å². The zero-order valence-electron chi connectivity index (χ0n) is 24.0. The summed E-state index contributed by atoms with van der Waals surface area (Å²) >= 11 is 5.90. The molecule has 216 valence electrons. The molecule has 0 aromatic heterocycles. The van der Waals surface area contributed by atoms with Crippen LogP contribution in [0.5, 0.6) is 23.0 Å². The van der Waals surface area contributed by atoms with Crippen molar-refractivity contribution in [3.8, 4) is 34.1 Å². The molecule has 0 amide bonds. The van der Waals surface area contributed by atoms with Gasteiger partial charge in [-0.3, -0.25) is 0 Å². The fourth-order valence-corrected chi connectivity index (χ4v) is 5.28. The molecule has 0 radical (unpaired) electrons. The van der Waals surface area contributed by atoms with Crippen molar-refractivity contribution in [2.24, 2.45) is 0 Å². The highest BCUT2D eigenvalue weighted by Crippen LogP contribution is 2.43. The smallest absolute Gasteiger partial charge is 0.496 e. The molecule has 1 aliphatic heterocycles. The SMILES string of the molecule is COc1cc(OC(=O)Oc2ccc(Cl)cc2)ccc1-c1ccc2c(c1COc1cc(F)ccc1C)C(C)=CC(C)(C)N2. The van der Waals surface area contributed by atoms with Crippen LogP contribution in [-0.4, -0.2) is 18.8 Å². The Bertz CT molecular complexity index is 1680. The molecular formula is C34H31ClFNO5. The predicted molar refractivity (Wildman–Crippen MR) is 163 cm³/mol. The van der Waals surface area contributed by atoms with Gasteiger partial charge < -0.3 is 24.3 Å². The van der Waals surface area contributed by atoms with E-state index in [-0.39, 0.29) is 23.7 Å². The molecule has 0 unspecified atom stereocenters. The minimum atomic E-state index is -0.894. The lowest BCUT2D eigenvalue weighted by Crippen LogP contribution is -2.32. The first-order valence-corrected chi connectivity index (χ1v) is 13.8. The average molecular weight is 588 g/mol. The number of benzene rings is 4. The fourth-order valence-electron chi connectivity index (χ4n) is 5.15. The van der Waals surface area contributed by atoms with Crippen LogP contribution in [0.4, 0.5) is 14.9 Å². The van der Waals surface area contributed by atoms with Crippen LogP contribution in [0.15, 0.2) is 78.9 Å². The normalized spacial score (nSPS) is 13.4. The molecule has 5 rings (SSSR count). The fraction of sp³-hybridized carbons (Fsp3) is 0.206. The van der Waals surface area contributed by atoms with Crippen LogP contribution in [0.3, 0.4) is 0 Å². The molecule has 42 heavy (non-hydrogen) atoms. The van der Waals surface area contributed by atoms with Crippen molar-refractivity contribution in [1.82, 2.24) is 0 Å². The molecule has 6 nitrogen and oxygen atoms in total. The highest BCUT2D eigenvalue weighted by Gasteiger charge is 2.27. The van der Waals surface area contributed by atoms with E-state index in [4.69, 9.17) is 30.5 Å². The van der Waals surface area contributed by atoms with E-state index in [2.05, 4.69) is 32.2 Å². The lowest BCUT2D eigenvalue weighted by atomic mass is 9.85. The topological polar surface area (TPSA) is 66.0 Å². The Hall–Kier alpha value is -4.49. The summed E-state index contributed by atoms with van der Waals surface area (Å²) < 4.78 is 36.7. The minimum Gasteiger partial charge on any atom is -0.496 e. The average Bonchev–Trinajstić information content (AvgIpc) is 2.94. The summed E-state index contributed by atoms with van der Waals surface area (Å²) in [5, 5.41) is 4.11. The number of fused-ring (bicyclic) bond motifs is 1. The quantitative estimate of drug-likeness (QED) is 0.172. The molecule has 0 bridgehead atoms. The van der Waals surface area contributed by atoms with Crippen molar-refractivity contribution in [1.29, 1.82) is 0 Å². The summed E-state index contributed by atoms with van der Waals surface area (Å²) in [5.41, 5.74) is 6.22. The third-order valence-corrected chi connectivity index (χ3v) is 7.19. The van der Waals surface area contributed by atoms with E-state index in [1.165, 1.54) is 12.1 Å². The van der Waals surface area contributed by atoms with Crippen LogP contribution in [0, 0.1) is 12.7 Å². The number of halogens is 2. The molecule has 1 N–H and O–H groups in total. The number of anilines is 1. The Morgan fingerprint density at radius 2 is 1.57 bits per heavy atom. The van der Waals surface area contributed by atoms with Gasteiger partial charge in [0.15, 0.2) is 0 Å². The number of aryl methyl sites for hydroxylation is 1. The number of rotatable bonds is 7. The maximum absolute atomic E-state index is 14.0. The van der Waals surface area contributed by atoms with Gasteiger partial charge in [-0.2, -0.15) is 0 Å². The molecule has 0 atom stereocenters. The Morgan fingerprint density at radius 1 is 0.881 bits per heavy atom. The van der Waals surface area contributed by atoms with Crippen molar-refractivity contribution < 1.29 is 28.1 Å². The van der Waals surface area contributed by atoms with Crippen LogP contribution < -0.4 is 24.3 Å². The van der Waals surface area contributed by atoms with E-state index in [0.717, 1.165) is 39.1 Å². The Kier molecular flexibility index (Phi) is 8.14. The van der Waals surface area contributed by atoms with E-state index in [0.29, 0.717) is 22.3 Å². The number of hydrogen-bond acceptors (Lipinski definition) is 6. The summed E-state index contributed by atoms with van der Waals surface area (Å²) in [6.45, 7) is 8.36. The first-order valence-electron chi connectivity index (χ1n) is 13.4. The van der Waals surface area contributed by atoms with Crippen molar-refractivity contribution >= 4 is 29.0 Å². The molecule has 4 aromatic carbocycles. The van der Waals surface area contributed by atoms with E-state index < -0.39 is 6.16 Å². The molecule has 0 spiro atoms. The second kappa shape index (κ2) is 11.8. The minimum absolute atomic E-state index is 0.185. The van der Waals surface area contributed by atoms with Crippen molar-refractivity contribution in [2.45, 2.75) is 39.8 Å². The standard InChI is InChI=1S/C34H31ClFNO5/c1-20-6-9-23(36)16-30(20)40-19-28-26(14-15-29-32(28)21(2)18-34(3,4)37-29)27-13-12-25(17-31(27)39-5)42-33(38)41-24-10-7-22(35)8-11-24/h6-18,37H,19H2,1-5H3. The number of carbonyl (C=O) groups excluding carboxylic acids is 1. The van der Waals surface area contributed by atoms with Gasteiger partial charge >= 0.3 is 6.16 Å². The summed E-state index contributed by atoms with van der Waals surface area (Å²) in [6, 6.07) is 20.0. The molecule has 4 aromatic rings. The maximum atomic E-state index is 14.0. The van der Waals surface area contributed by atoms with Crippen molar-refractivity contribution in [3.63, 3.8) is 0 Å². The molecule has 1 aliphatic rings. The number of methoxy groups -OCH3 is 1. The molecule has 8 heteroatoms. The molecule has 0 aliphatic carbocycles. The van der Waals surface area contributed by atoms with E-state index in [1.807, 2.05) is 25.1 Å². The highest BCUT2D eigenvalue weighted by molar-refractivity contribution is 6.30. The molecular weight excluding hydrogens is 557 g/mol. The number of hydrogen-bond donors (Lipinski definition) is 1. The van der Waals surface area contributed by atoms with Crippen LogP contribution in [-0.2, 0) is 6.61 Å². The van der Waals surface area contributed by atoms with Gasteiger partial charge in [0.2, 0.25) is 0 Å². The summed E-state index contributed by atoms with van der Waals surface area (Å²) in [6.07, 6.45) is 1.28. The monoisotopic (exact) mass is 587 g/mol. The number of allylic oxidation sites excluding steroid dienone is 1. The van der Waals surface area contributed by atoms with E-state index >= 15 is 0 Å². The van der Waals surface area contributed by atoms with Crippen LogP contribution in [0.25, 0.3) is 16.7 Å². The lowest BCUT2D eigenvalue weighted by Gasteiger charge is -2.33. The van der Waals surface area contributed by atoms with E-state index in [9.17, 15) is 9.18 Å². The third-order valence-electron chi connectivity index (χ3n) is 6.94. The van der Waals surface area contributed by atoms with Gasteiger partial charge in [-0.05, 0) is 92.9 Å². The molecule has 0 saturated heterocycles. The zero-order chi connectivity index (χ0) is 30.0. The van der Waals surface area contributed by atoms with Gasteiger partial charge in [0.25, 0.3) is 0 Å². The van der Waals surface area contributed by atoms with Crippen LogP contribution in [0.2, 0.25) is 5.02 Å². The number of nitrogens with one attached hydrogen (secondary N) is 1. The van der Waals surface area contributed by atoms with Crippen LogP contribution >= 0.6 is 11.6 Å². The maximum Gasteiger partial charge on any atom is 0.519 e. The zero-order valence-corrected chi connectivity index (χ0v) is 24.8. The van der Waals surface area contributed by atoms with Gasteiger partial charge in [0.05, 0.1) is 12.6 Å². The van der Waals surface area contributed by atoms with Crippen molar-refractivity contribution in [2.75, 3.05) is 12.4 Å². The largest absolute Gasteiger partial charge is 0.519 e. The molecule has 0 fully saturated rings. The summed E-state index contributed by atoms with van der Waals surface area (Å²) in [4.78, 5) is 12.4. The van der Waals surface area contributed by atoms with Gasteiger partial charge in [-0.1, -0.05) is 29.8 Å². The third kappa shape index (κ3) is 6.37. The number of carbonyl (C=O) groups is 1. The summed E-state index contributed by atoms with van der Waals surface area (Å²) in [5.74, 6) is 1.15. The Morgan fingerprint density at radius 3 is 2.31 bits per heavy atom. The number of ether oxygens (including phenoxy) is 4. The van der Waals surface area contributed by atoms with Gasteiger partial charge in [0.1, 0.15) is 35.4 Å². The molecule has 1 heterocycles. The first kappa shape index (κ1) is 29.0. The van der Waals surface area contributed by atoms with Gasteiger partial charge in [-0.15, -0.1) is 0 Å². The molecule has 0 saturated carbocycles.